The van der Waals surface area contributed by atoms with Gasteiger partial charge < -0.3 is 4.57 Å². The number of Topliss-reactive ketones (excluding diaryl/α,β-unsaturated/α-hetero) is 1. The van der Waals surface area contributed by atoms with E-state index >= 15 is 0 Å². The van der Waals surface area contributed by atoms with E-state index in [1.807, 2.05) is 49.6 Å². The number of nitrogens with zero attached hydrogens (tertiary/aromatic N) is 4. The Morgan fingerprint density at radius 2 is 2.00 bits per heavy atom. The second-order valence-electron chi connectivity index (χ2n) is 8.36. The minimum Gasteiger partial charge on any atom is -0.312 e. The molecule has 0 saturated carbocycles. The number of benzene rings is 1. The third kappa shape index (κ3) is 4.08. The van der Waals surface area contributed by atoms with E-state index in [1.54, 1.807) is 11.3 Å². The number of thiazole rings is 1. The van der Waals surface area contributed by atoms with Crippen molar-refractivity contribution in [3.05, 3.63) is 57.5 Å². The molecular formula is C25H28N4OS. The number of carbonyl (C=O) groups excluding carboxylic acids is 1. The first kappa shape index (κ1) is 21.5. The van der Waals surface area contributed by atoms with Gasteiger partial charge in [-0.2, -0.15) is 5.26 Å². The molecule has 1 fully saturated rings. The Morgan fingerprint density at radius 3 is 2.61 bits per heavy atom. The fourth-order valence-corrected chi connectivity index (χ4v) is 5.28. The highest BCUT2D eigenvalue weighted by Crippen LogP contribution is 2.32. The van der Waals surface area contributed by atoms with Gasteiger partial charge in [0.25, 0.3) is 0 Å². The molecule has 2 aromatic heterocycles. The van der Waals surface area contributed by atoms with Crippen LogP contribution >= 0.6 is 11.3 Å². The lowest BCUT2D eigenvalue weighted by Crippen LogP contribution is -2.38. The number of aryl methyl sites for hydroxylation is 1. The smallest absolute Gasteiger partial charge is 0.178 e. The largest absolute Gasteiger partial charge is 0.312 e. The highest BCUT2D eigenvalue weighted by Gasteiger charge is 2.32. The van der Waals surface area contributed by atoms with Crippen molar-refractivity contribution in [3.8, 4) is 23.1 Å². The van der Waals surface area contributed by atoms with Crippen LogP contribution in [-0.2, 0) is 0 Å². The van der Waals surface area contributed by atoms with Crippen LogP contribution in [0, 0.1) is 25.2 Å². The summed E-state index contributed by atoms with van der Waals surface area (Å²) in [4.78, 5) is 20.5. The minimum atomic E-state index is 0.158. The summed E-state index contributed by atoms with van der Waals surface area (Å²) in [6, 6.07) is 12.6. The lowest BCUT2D eigenvalue weighted by molar-refractivity contribution is 0.0888. The van der Waals surface area contributed by atoms with Gasteiger partial charge in [-0.15, -0.1) is 11.3 Å². The molecule has 160 valence electrons. The Kier molecular flexibility index (Phi) is 6.08. The predicted octanol–water partition coefficient (Wildman–Crippen LogP) is 5.53. The molecule has 0 amide bonds. The molecule has 2 unspecified atom stereocenters. The summed E-state index contributed by atoms with van der Waals surface area (Å²) in [5.41, 5.74) is 4.99. The zero-order valence-electron chi connectivity index (χ0n) is 18.6. The molecule has 1 saturated heterocycles. The Hall–Kier alpha value is -2.75. The number of rotatable bonds is 6. The maximum absolute atomic E-state index is 13.4. The first-order valence-electron chi connectivity index (χ1n) is 10.9. The third-order valence-corrected chi connectivity index (χ3v) is 7.21. The predicted molar refractivity (Wildman–Crippen MR) is 125 cm³/mol. The molecule has 0 spiro atoms. The Morgan fingerprint density at radius 1 is 1.26 bits per heavy atom. The van der Waals surface area contributed by atoms with Crippen molar-refractivity contribution in [1.82, 2.24) is 14.5 Å². The maximum Gasteiger partial charge on any atom is 0.178 e. The number of ketones is 1. The van der Waals surface area contributed by atoms with E-state index < -0.39 is 0 Å². The molecule has 31 heavy (non-hydrogen) atoms. The highest BCUT2D eigenvalue weighted by molar-refractivity contribution is 7.09. The van der Waals surface area contributed by atoms with Crippen LogP contribution in [0.3, 0.4) is 0 Å². The van der Waals surface area contributed by atoms with Gasteiger partial charge in [-0.1, -0.05) is 6.92 Å². The van der Waals surface area contributed by atoms with E-state index in [4.69, 9.17) is 5.26 Å². The van der Waals surface area contributed by atoms with Crippen LogP contribution in [0.5, 0.6) is 0 Å². The van der Waals surface area contributed by atoms with Gasteiger partial charge in [0.1, 0.15) is 0 Å². The second-order valence-corrected chi connectivity index (χ2v) is 9.42. The fourth-order valence-electron chi connectivity index (χ4n) is 4.68. The molecule has 2 atom stereocenters. The first-order chi connectivity index (χ1) is 14.9. The number of likely N-dealkylation sites (tertiary alicyclic amines) is 1. The topological polar surface area (TPSA) is 61.9 Å². The van der Waals surface area contributed by atoms with Crippen LogP contribution in [0.2, 0.25) is 0 Å². The molecule has 5 nitrogen and oxygen atoms in total. The summed E-state index contributed by atoms with van der Waals surface area (Å²) in [6.07, 6.45) is 3.39. The summed E-state index contributed by atoms with van der Waals surface area (Å²) in [5, 5.41) is 12.2. The summed E-state index contributed by atoms with van der Waals surface area (Å²) in [5.74, 6) is 0.158. The Balaban J connectivity index is 1.76. The lowest BCUT2D eigenvalue weighted by atomic mass is 10.1. The third-order valence-electron chi connectivity index (χ3n) is 6.43. The van der Waals surface area contributed by atoms with E-state index in [1.165, 1.54) is 6.42 Å². The number of nitriles is 1. The van der Waals surface area contributed by atoms with Crippen LogP contribution in [0.15, 0.2) is 35.7 Å². The van der Waals surface area contributed by atoms with Crippen molar-refractivity contribution >= 4 is 17.1 Å². The van der Waals surface area contributed by atoms with E-state index in [9.17, 15) is 4.79 Å². The standard InChI is InChI=1S/C25H28N4OS/c1-5-20-9-6-16(2)28(20)14-25(30)22-12-24(23-15-31-18(4)27-23)29(17(22)3)21-10-7-19(13-26)8-11-21/h7-8,10-12,15-16,20H,5-6,9,14H2,1-4H3. The molecule has 0 N–H and O–H groups in total. The number of carbonyl (C=O) groups is 1. The summed E-state index contributed by atoms with van der Waals surface area (Å²) < 4.78 is 2.09. The molecule has 1 aromatic carbocycles. The molecule has 1 aliphatic rings. The van der Waals surface area contributed by atoms with Crippen molar-refractivity contribution in [3.63, 3.8) is 0 Å². The van der Waals surface area contributed by atoms with Crippen molar-refractivity contribution in [2.45, 2.75) is 59.0 Å². The molecule has 4 rings (SSSR count). The van der Waals surface area contributed by atoms with E-state index in [2.05, 4.69) is 34.4 Å². The average Bonchev–Trinajstić information content (AvgIpc) is 3.45. The molecular weight excluding hydrogens is 404 g/mol. The van der Waals surface area contributed by atoms with Gasteiger partial charge in [-0.3, -0.25) is 9.69 Å². The molecule has 6 heteroatoms. The monoisotopic (exact) mass is 432 g/mol. The SMILES string of the molecule is CCC1CCC(C)N1CC(=O)c1cc(-c2csc(C)n2)n(-c2ccc(C#N)cc2)c1C. The molecule has 3 aromatic rings. The van der Waals surface area contributed by atoms with Crippen molar-refractivity contribution in [2.24, 2.45) is 0 Å². The second kappa shape index (κ2) is 8.78. The van der Waals surface area contributed by atoms with Gasteiger partial charge in [0.05, 0.1) is 34.6 Å². The van der Waals surface area contributed by atoms with Gasteiger partial charge in [-0.05, 0) is 70.4 Å². The van der Waals surface area contributed by atoms with E-state index in [-0.39, 0.29) is 5.78 Å². The van der Waals surface area contributed by atoms with Crippen LogP contribution in [0.25, 0.3) is 17.1 Å². The van der Waals surface area contributed by atoms with E-state index in [0.29, 0.717) is 24.2 Å². The van der Waals surface area contributed by atoms with Gasteiger partial charge in [0, 0.05) is 34.4 Å². The quantitative estimate of drug-likeness (QED) is 0.480. The Bertz CT molecular complexity index is 1140. The van der Waals surface area contributed by atoms with Gasteiger partial charge in [-0.25, -0.2) is 4.98 Å². The van der Waals surface area contributed by atoms with Crippen LogP contribution in [-0.4, -0.2) is 38.9 Å². The van der Waals surface area contributed by atoms with Crippen molar-refractivity contribution in [2.75, 3.05) is 6.54 Å². The molecule has 0 bridgehead atoms. The normalized spacial score (nSPS) is 18.9. The summed E-state index contributed by atoms with van der Waals surface area (Å²) in [7, 11) is 0. The molecule has 1 aliphatic heterocycles. The van der Waals surface area contributed by atoms with E-state index in [0.717, 1.165) is 46.2 Å². The maximum atomic E-state index is 13.4. The highest BCUT2D eigenvalue weighted by atomic mass is 32.1. The number of aromatic nitrogens is 2. The van der Waals surface area contributed by atoms with Gasteiger partial charge >= 0.3 is 0 Å². The lowest BCUT2D eigenvalue weighted by Gasteiger charge is -2.26. The first-order valence-corrected chi connectivity index (χ1v) is 11.7. The fraction of sp³-hybridized carbons (Fsp3) is 0.400. The van der Waals surface area contributed by atoms with Gasteiger partial charge in [0.15, 0.2) is 5.78 Å². The molecule has 0 radical (unpaired) electrons. The summed E-state index contributed by atoms with van der Waals surface area (Å²) >= 11 is 1.60. The number of hydrogen-bond acceptors (Lipinski definition) is 5. The Labute approximate surface area is 188 Å². The van der Waals surface area contributed by atoms with Crippen LogP contribution < -0.4 is 0 Å². The zero-order valence-corrected chi connectivity index (χ0v) is 19.4. The molecule has 0 aliphatic carbocycles. The number of hydrogen-bond donors (Lipinski definition) is 0. The van der Waals surface area contributed by atoms with Gasteiger partial charge in [0.2, 0.25) is 0 Å². The van der Waals surface area contributed by atoms with Crippen LogP contribution in [0.4, 0.5) is 0 Å². The van der Waals surface area contributed by atoms with Crippen LogP contribution in [0.1, 0.15) is 59.7 Å². The van der Waals surface area contributed by atoms with Crippen molar-refractivity contribution in [1.29, 1.82) is 5.26 Å². The van der Waals surface area contributed by atoms with Crippen molar-refractivity contribution < 1.29 is 4.79 Å². The minimum absolute atomic E-state index is 0.158. The average molecular weight is 433 g/mol. The molecule has 3 heterocycles. The summed E-state index contributed by atoms with van der Waals surface area (Å²) in [6.45, 7) is 8.87. The zero-order chi connectivity index (χ0) is 22.1.